The lowest BCUT2D eigenvalue weighted by molar-refractivity contribution is -0.139. The van der Waals surface area contributed by atoms with Gasteiger partial charge in [-0.2, -0.15) is 0 Å². The number of nitrogens with zero attached hydrogens (tertiary/aromatic N) is 2. The zero-order chi connectivity index (χ0) is 30.3. The smallest absolute Gasteiger partial charge is 0.264 e. The molecule has 0 fully saturated rings. The van der Waals surface area contributed by atoms with Crippen LogP contribution >= 0.6 is 39.1 Å². The molecule has 11 heteroatoms. The van der Waals surface area contributed by atoms with Gasteiger partial charge in [-0.1, -0.05) is 99.8 Å². The molecule has 0 aliphatic carbocycles. The number of sulfonamides is 1. The van der Waals surface area contributed by atoms with Gasteiger partial charge in [0.05, 0.1) is 10.6 Å². The molecule has 1 atom stereocenters. The molecule has 0 aromatic heterocycles. The Morgan fingerprint density at radius 3 is 2.17 bits per heavy atom. The first-order valence-electron chi connectivity index (χ1n) is 12.9. The van der Waals surface area contributed by atoms with E-state index in [9.17, 15) is 18.0 Å². The summed E-state index contributed by atoms with van der Waals surface area (Å²) >= 11 is 16.0. The molecule has 0 heterocycles. The highest BCUT2D eigenvalue weighted by Gasteiger charge is 2.34. The molecular weight excluding hydrogens is 661 g/mol. The fourth-order valence-electron chi connectivity index (χ4n) is 4.43. The number of halogens is 3. The van der Waals surface area contributed by atoms with Gasteiger partial charge in [-0.3, -0.25) is 13.9 Å². The average Bonchev–Trinajstić information content (AvgIpc) is 2.99. The summed E-state index contributed by atoms with van der Waals surface area (Å²) in [5, 5.41) is 3.39. The molecule has 0 spiro atoms. The topological polar surface area (TPSA) is 86.8 Å². The van der Waals surface area contributed by atoms with Crippen LogP contribution in [-0.2, 0) is 32.6 Å². The molecule has 2 amide bonds. The van der Waals surface area contributed by atoms with Crippen molar-refractivity contribution in [2.45, 2.75) is 23.9 Å². The standard InChI is InChI=1S/C31H28BrCl2N3O4S/c1-35-31(39)29(17-22-9-4-2-5-10-22)36(20-23-15-16-25(33)19-28(23)34)30(38)21-37(26-12-8-11-24(32)18-26)42(40,41)27-13-6-3-7-14-27/h2-16,18-19,29H,17,20-21H2,1H3,(H,35,39)/t29-/m1/s1. The Kier molecular flexibility index (Phi) is 10.7. The van der Waals surface area contributed by atoms with Gasteiger partial charge in [0.25, 0.3) is 10.0 Å². The van der Waals surface area contributed by atoms with E-state index in [1.165, 1.54) is 24.1 Å². The third-order valence-corrected chi connectivity index (χ3v) is 9.45. The first-order chi connectivity index (χ1) is 20.1. The Morgan fingerprint density at radius 1 is 0.881 bits per heavy atom. The summed E-state index contributed by atoms with van der Waals surface area (Å²) in [6.45, 7) is -0.626. The Bertz CT molecular complexity index is 1660. The molecule has 0 aliphatic heterocycles. The van der Waals surface area contributed by atoms with E-state index in [0.717, 1.165) is 9.87 Å². The van der Waals surface area contributed by atoms with Gasteiger partial charge in [0.1, 0.15) is 12.6 Å². The average molecular weight is 689 g/mol. The molecule has 42 heavy (non-hydrogen) atoms. The predicted molar refractivity (Wildman–Crippen MR) is 170 cm³/mol. The molecular formula is C31H28BrCl2N3O4S. The predicted octanol–water partition coefficient (Wildman–Crippen LogP) is 6.34. The van der Waals surface area contributed by atoms with Crippen LogP contribution in [0.4, 0.5) is 5.69 Å². The van der Waals surface area contributed by atoms with Crippen molar-refractivity contribution in [1.82, 2.24) is 10.2 Å². The van der Waals surface area contributed by atoms with E-state index in [1.54, 1.807) is 60.7 Å². The van der Waals surface area contributed by atoms with Crippen molar-refractivity contribution >= 4 is 66.7 Å². The number of carbonyl (C=O) groups is 2. The molecule has 218 valence electrons. The van der Waals surface area contributed by atoms with E-state index < -0.39 is 34.4 Å². The minimum Gasteiger partial charge on any atom is -0.357 e. The number of rotatable bonds is 11. The minimum atomic E-state index is -4.18. The Morgan fingerprint density at radius 2 is 1.55 bits per heavy atom. The van der Waals surface area contributed by atoms with E-state index >= 15 is 0 Å². The van der Waals surface area contributed by atoms with Gasteiger partial charge in [-0.05, 0) is 53.6 Å². The van der Waals surface area contributed by atoms with E-state index in [2.05, 4.69) is 21.2 Å². The SMILES string of the molecule is CNC(=O)[C@@H](Cc1ccccc1)N(Cc1ccc(Cl)cc1Cl)C(=O)CN(c1cccc(Br)c1)S(=O)(=O)c1ccccc1. The first kappa shape index (κ1) is 31.6. The van der Waals surface area contributed by atoms with Crippen LogP contribution in [0.15, 0.2) is 112 Å². The third kappa shape index (κ3) is 7.72. The maximum Gasteiger partial charge on any atom is 0.264 e. The molecule has 0 radical (unpaired) electrons. The maximum atomic E-state index is 14.3. The van der Waals surface area contributed by atoms with Gasteiger partial charge in [0.15, 0.2) is 0 Å². The lowest BCUT2D eigenvalue weighted by atomic mass is 10.0. The number of amides is 2. The lowest BCUT2D eigenvalue weighted by Gasteiger charge is -2.33. The normalized spacial score (nSPS) is 11.9. The summed E-state index contributed by atoms with van der Waals surface area (Å²) < 4.78 is 29.5. The summed E-state index contributed by atoms with van der Waals surface area (Å²) in [4.78, 5) is 29.0. The second kappa shape index (κ2) is 14.2. The molecule has 1 N–H and O–H groups in total. The maximum absolute atomic E-state index is 14.3. The van der Waals surface area contributed by atoms with Crippen molar-refractivity contribution in [2.24, 2.45) is 0 Å². The van der Waals surface area contributed by atoms with Gasteiger partial charge in [-0.15, -0.1) is 0 Å². The molecule has 0 aliphatic rings. The molecule has 0 saturated carbocycles. The molecule has 0 saturated heterocycles. The van der Waals surface area contributed by atoms with Crippen LogP contribution < -0.4 is 9.62 Å². The largest absolute Gasteiger partial charge is 0.357 e. The molecule has 0 bridgehead atoms. The van der Waals surface area contributed by atoms with E-state index in [-0.39, 0.29) is 23.5 Å². The molecule has 7 nitrogen and oxygen atoms in total. The van der Waals surface area contributed by atoms with Crippen molar-refractivity contribution in [3.8, 4) is 0 Å². The van der Waals surface area contributed by atoms with Gasteiger partial charge in [0, 0.05) is 34.5 Å². The number of carbonyl (C=O) groups excluding carboxylic acids is 2. The number of hydrogen-bond donors (Lipinski definition) is 1. The summed E-state index contributed by atoms with van der Waals surface area (Å²) in [6.07, 6.45) is 0.194. The first-order valence-corrected chi connectivity index (χ1v) is 15.9. The second-order valence-electron chi connectivity index (χ2n) is 9.38. The van der Waals surface area contributed by atoms with Crippen molar-refractivity contribution in [3.05, 3.63) is 129 Å². The number of hydrogen-bond acceptors (Lipinski definition) is 4. The number of likely N-dealkylation sites (N-methyl/N-ethyl adjacent to an activating group) is 1. The lowest BCUT2D eigenvalue weighted by Crippen LogP contribution is -2.53. The van der Waals surface area contributed by atoms with Crippen LogP contribution in [0.2, 0.25) is 10.0 Å². The van der Waals surface area contributed by atoms with Gasteiger partial charge in [-0.25, -0.2) is 8.42 Å². The molecule has 4 aromatic carbocycles. The van der Waals surface area contributed by atoms with Crippen LogP contribution in [0.3, 0.4) is 0 Å². The van der Waals surface area contributed by atoms with Crippen LogP contribution in [-0.4, -0.2) is 44.8 Å². The molecule has 4 rings (SSSR count). The summed E-state index contributed by atoms with van der Waals surface area (Å²) in [5.41, 5.74) is 1.66. The number of anilines is 1. The van der Waals surface area contributed by atoms with Crippen molar-refractivity contribution in [1.29, 1.82) is 0 Å². The summed E-state index contributed by atoms with van der Waals surface area (Å²) in [5.74, 6) is -0.998. The van der Waals surface area contributed by atoms with Crippen LogP contribution in [0.5, 0.6) is 0 Å². The molecule has 4 aromatic rings. The summed E-state index contributed by atoms with van der Waals surface area (Å²) in [7, 11) is -2.68. The fraction of sp³-hybridized carbons (Fsp3) is 0.161. The zero-order valence-electron chi connectivity index (χ0n) is 22.6. The Labute approximate surface area is 264 Å². The highest BCUT2D eigenvalue weighted by Crippen LogP contribution is 2.28. The quantitative estimate of drug-likeness (QED) is 0.199. The van der Waals surface area contributed by atoms with Gasteiger partial charge >= 0.3 is 0 Å². The monoisotopic (exact) mass is 687 g/mol. The van der Waals surface area contributed by atoms with Gasteiger partial charge < -0.3 is 10.2 Å². The minimum absolute atomic E-state index is 0.0252. The summed E-state index contributed by atoms with van der Waals surface area (Å²) in [6, 6.07) is 27.7. The number of benzene rings is 4. The molecule has 0 unspecified atom stereocenters. The van der Waals surface area contributed by atoms with Crippen molar-refractivity contribution < 1.29 is 18.0 Å². The van der Waals surface area contributed by atoms with Crippen molar-refractivity contribution in [3.63, 3.8) is 0 Å². The van der Waals surface area contributed by atoms with E-state index in [1.807, 2.05) is 30.3 Å². The van der Waals surface area contributed by atoms with Crippen LogP contribution in [0.25, 0.3) is 0 Å². The van der Waals surface area contributed by atoms with Crippen LogP contribution in [0.1, 0.15) is 11.1 Å². The zero-order valence-corrected chi connectivity index (χ0v) is 26.5. The van der Waals surface area contributed by atoms with Gasteiger partial charge in [0.2, 0.25) is 11.8 Å². The van der Waals surface area contributed by atoms with E-state index in [4.69, 9.17) is 23.2 Å². The van der Waals surface area contributed by atoms with Crippen molar-refractivity contribution in [2.75, 3.05) is 17.9 Å². The van der Waals surface area contributed by atoms with Crippen LogP contribution in [0, 0.1) is 0 Å². The highest BCUT2D eigenvalue weighted by atomic mass is 79.9. The highest BCUT2D eigenvalue weighted by molar-refractivity contribution is 9.10. The second-order valence-corrected chi connectivity index (χ2v) is 13.0. The Balaban J connectivity index is 1.80. The number of nitrogens with one attached hydrogen (secondary N) is 1. The van der Waals surface area contributed by atoms with E-state index in [0.29, 0.717) is 20.1 Å². The fourth-order valence-corrected chi connectivity index (χ4v) is 6.72. The Hall–Kier alpha value is -3.37. The third-order valence-electron chi connectivity index (χ3n) is 6.58.